The summed E-state index contributed by atoms with van der Waals surface area (Å²) >= 11 is 0. The monoisotopic (exact) mass is 411 g/mol. The first-order valence-electron chi connectivity index (χ1n) is 10.7. The molecule has 8 nitrogen and oxygen atoms in total. The summed E-state index contributed by atoms with van der Waals surface area (Å²) < 4.78 is 7.64. The molecule has 1 aliphatic heterocycles. The molecule has 0 unspecified atom stereocenters. The van der Waals surface area contributed by atoms with Crippen LogP contribution >= 0.6 is 0 Å². The molecule has 2 aromatic rings. The first-order valence-corrected chi connectivity index (χ1v) is 10.7. The molecular weight excluding hydrogens is 382 g/mol. The first kappa shape index (κ1) is 20.3. The highest BCUT2D eigenvalue weighted by molar-refractivity contribution is 5.29. The fraction of sp³-hybridized carbons (Fsp3) is 0.455. The number of aryl methyl sites for hydroxylation is 1. The highest BCUT2D eigenvalue weighted by Crippen LogP contribution is 2.25. The summed E-state index contributed by atoms with van der Waals surface area (Å²) in [7, 11) is 0. The lowest BCUT2D eigenvalue weighted by Gasteiger charge is -2.21. The zero-order chi connectivity index (χ0) is 20.8. The van der Waals surface area contributed by atoms with Crippen LogP contribution < -0.4 is 26.9 Å². The summed E-state index contributed by atoms with van der Waals surface area (Å²) in [6.07, 6.45) is 11.2. The SMILES string of the molecule is O=c1ccn(CCCC2=CNNN2CCc2cccc(OC3CCCC3)c2)c(=O)[nH]1. The number of aromatic amines is 1. The second kappa shape index (κ2) is 9.67. The number of aromatic nitrogens is 2. The molecule has 1 saturated carbocycles. The van der Waals surface area contributed by atoms with E-state index >= 15 is 0 Å². The molecule has 1 aliphatic carbocycles. The maximum Gasteiger partial charge on any atom is 0.328 e. The van der Waals surface area contributed by atoms with Crippen molar-refractivity contribution in [2.75, 3.05) is 6.54 Å². The largest absolute Gasteiger partial charge is 0.490 e. The van der Waals surface area contributed by atoms with Crippen LogP contribution in [-0.4, -0.2) is 27.2 Å². The zero-order valence-electron chi connectivity index (χ0n) is 17.1. The number of hydrogen-bond donors (Lipinski definition) is 3. The molecule has 0 radical (unpaired) electrons. The predicted octanol–water partition coefficient (Wildman–Crippen LogP) is 2.05. The van der Waals surface area contributed by atoms with Gasteiger partial charge in [0.1, 0.15) is 5.75 Å². The smallest absolute Gasteiger partial charge is 0.328 e. The van der Waals surface area contributed by atoms with E-state index in [1.807, 2.05) is 12.3 Å². The Kier molecular flexibility index (Phi) is 6.53. The fourth-order valence-electron chi connectivity index (χ4n) is 4.01. The Morgan fingerprint density at radius 2 is 1.93 bits per heavy atom. The van der Waals surface area contributed by atoms with Crippen molar-refractivity contribution in [3.63, 3.8) is 0 Å². The maximum atomic E-state index is 11.8. The van der Waals surface area contributed by atoms with Crippen LogP contribution in [0.25, 0.3) is 0 Å². The number of nitrogens with zero attached hydrogens (tertiary/aromatic N) is 2. The van der Waals surface area contributed by atoms with Gasteiger partial charge >= 0.3 is 5.69 Å². The molecule has 2 heterocycles. The average molecular weight is 412 g/mol. The summed E-state index contributed by atoms with van der Waals surface area (Å²) in [6, 6.07) is 9.76. The molecule has 4 rings (SSSR count). The van der Waals surface area contributed by atoms with E-state index in [1.165, 1.54) is 29.0 Å². The molecule has 8 heteroatoms. The average Bonchev–Trinajstić information content (AvgIpc) is 3.40. The second-order valence-corrected chi connectivity index (χ2v) is 7.87. The van der Waals surface area contributed by atoms with Crippen LogP contribution in [-0.2, 0) is 13.0 Å². The maximum absolute atomic E-state index is 11.8. The van der Waals surface area contributed by atoms with Crippen LogP contribution in [0, 0.1) is 0 Å². The van der Waals surface area contributed by atoms with Crippen molar-refractivity contribution in [2.45, 2.75) is 57.6 Å². The van der Waals surface area contributed by atoms with Gasteiger partial charge in [-0.3, -0.25) is 14.8 Å². The number of benzene rings is 1. The van der Waals surface area contributed by atoms with E-state index in [2.05, 4.69) is 39.2 Å². The zero-order valence-corrected chi connectivity index (χ0v) is 17.1. The van der Waals surface area contributed by atoms with Crippen molar-refractivity contribution in [1.29, 1.82) is 0 Å². The van der Waals surface area contributed by atoms with Crippen molar-refractivity contribution >= 4 is 0 Å². The molecule has 1 aromatic heterocycles. The summed E-state index contributed by atoms with van der Waals surface area (Å²) in [5.41, 5.74) is 7.88. The normalized spacial score (nSPS) is 16.5. The highest BCUT2D eigenvalue weighted by Gasteiger charge is 2.17. The lowest BCUT2D eigenvalue weighted by atomic mass is 10.1. The third-order valence-corrected chi connectivity index (χ3v) is 5.64. The van der Waals surface area contributed by atoms with Gasteiger partial charge in [0.2, 0.25) is 0 Å². The summed E-state index contributed by atoms with van der Waals surface area (Å²) in [4.78, 5) is 25.2. The Hall–Kier alpha value is -3.00. The van der Waals surface area contributed by atoms with Crippen LogP contribution in [0.15, 0.2) is 58.0 Å². The third kappa shape index (κ3) is 5.33. The minimum atomic E-state index is -0.368. The molecular formula is C22H29N5O3. The lowest BCUT2D eigenvalue weighted by Crippen LogP contribution is -2.38. The number of nitrogens with one attached hydrogen (secondary N) is 3. The van der Waals surface area contributed by atoms with Crippen molar-refractivity contribution in [2.24, 2.45) is 0 Å². The van der Waals surface area contributed by atoms with Crippen molar-refractivity contribution < 1.29 is 4.74 Å². The van der Waals surface area contributed by atoms with E-state index in [-0.39, 0.29) is 11.2 Å². The molecule has 0 saturated heterocycles. The minimum Gasteiger partial charge on any atom is -0.490 e. The number of hydrogen-bond acceptors (Lipinski definition) is 6. The van der Waals surface area contributed by atoms with Crippen molar-refractivity contribution in [3.8, 4) is 5.75 Å². The Balaban J connectivity index is 1.26. The topological polar surface area (TPSA) is 91.4 Å². The van der Waals surface area contributed by atoms with Gasteiger partial charge in [-0.1, -0.05) is 12.1 Å². The molecule has 0 atom stereocenters. The Morgan fingerprint density at radius 3 is 2.77 bits per heavy atom. The van der Waals surface area contributed by atoms with E-state index in [9.17, 15) is 9.59 Å². The highest BCUT2D eigenvalue weighted by atomic mass is 16.5. The van der Waals surface area contributed by atoms with Crippen molar-refractivity contribution in [3.05, 3.63) is 74.8 Å². The number of allylic oxidation sites excluding steroid dienone is 1. The van der Waals surface area contributed by atoms with Gasteiger partial charge in [0.05, 0.1) is 6.10 Å². The van der Waals surface area contributed by atoms with E-state index in [0.717, 1.165) is 50.1 Å². The van der Waals surface area contributed by atoms with Gasteiger partial charge in [0, 0.05) is 37.2 Å². The molecule has 1 fully saturated rings. The summed E-state index contributed by atoms with van der Waals surface area (Å²) in [6.45, 7) is 1.38. The van der Waals surface area contributed by atoms with Gasteiger partial charge in [-0.15, -0.1) is 5.53 Å². The molecule has 0 spiro atoms. The van der Waals surface area contributed by atoms with Crippen LogP contribution in [0.1, 0.15) is 44.1 Å². The molecule has 30 heavy (non-hydrogen) atoms. The van der Waals surface area contributed by atoms with E-state index < -0.39 is 0 Å². The van der Waals surface area contributed by atoms with Gasteiger partial charge in [-0.05, 0) is 62.6 Å². The van der Waals surface area contributed by atoms with Gasteiger partial charge < -0.3 is 14.7 Å². The Bertz CT molecular complexity index is 991. The van der Waals surface area contributed by atoms with Gasteiger partial charge in [0.15, 0.2) is 0 Å². The van der Waals surface area contributed by atoms with Gasteiger partial charge in [0.25, 0.3) is 5.56 Å². The molecule has 2 aliphatic rings. The number of H-pyrrole nitrogens is 1. The fourth-order valence-corrected chi connectivity index (χ4v) is 4.01. The van der Waals surface area contributed by atoms with E-state index in [4.69, 9.17) is 4.74 Å². The lowest BCUT2D eigenvalue weighted by molar-refractivity contribution is 0.209. The molecule has 1 aromatic carbocycles. The van der Waals surface area contributed by atoms with Crippen molar-refractivity contribution in [1.82, 2.24) is 25.5 Å². The summed E-state index contributed by atoms with van der Waals surface area (Å²) in [5, 5.41) is 2.10. The van der Waals surface area contributed by atoms with E-state index in [1.54, 1.807) is 6.20 Å². The molecule has 0 amide bonds. The molecule has 3 N–H and O–H groups in total. The summed E-state index contributed by atoms with van der Waals surface area (Å²) in [5.74, 6) is 0.967. The van der Waals surface area contributed by atoms with Gasteiger partial charge in [-0.25, -0.2) is 4.79 Å². The van der Waals surface area contributed by atoms with Crippen LogP contribution in [0.5, 0.6) is 5.75 Å². The number of hydrazine groups is 2. The quantitative estimate of drug-likeness (QED) is 0.585. The Labute approximate surface area is 175 Å². The third-order valence-electron chi connectivity index (χ3n) is 5.64. The number of rotatable bonds is 9. The minimum absolute atomic E-state index is 0.365. The Morgan fingerprint density at radius 1 is 1.07 bits per heavy atom. The second-order valence-electron chi connectivity index (χ2n) is 7.87. The number of ether oxygens (including phenoxy) is 1. The standard InChI is InChI=1S/C22H29N5O3/c28-21-11-13-26(22(29)24-21)12-4-6-18-16-23-25-27(18)14-10-17-5-3-9-20(15-17)30-19-7-1-2-8-19/h3,5,9,11,13,15-16,19,23,25H,1-2,4,6-8,10,12,14H2,(H,24,28,29). The first-order chi connectivity index (χ1) is 14.7. The molecule has 0 bridgehead atoms. The predicted molar refractivity (Wildman–Crippen MR) is 115 cm³/mol. The van der Waals surface area contributed by atoms with Crippen LogP contribution in [0.3, 0.4) is 0 Å². The van der Waals surface area contributed by atoms with Crippen LogP contribution in [0.2, 0.25) is 0 Å². The molecule has 160 valence electrons. The van der Waals surface area contributed by atoms with Crippen LogP contribution in [0.4, 0.5) is 0 Å². The van der Waals surface area contributed by atoms with Gasteiger partial charge in [-0.2, -0.15) is 0 Å². The van der Waals surface area contributed by atoms with E-state index in [0.29, 0.717) is 12.6 Å².